The lowest BCUT2D eigenvalue weighted by atomic mass is 9.97. The highest BCUT2D eigenvalue weighted by Gasteiger charge is 2.28. The summed E-state index contributed by atoms with van der Waals surface area (Å²) in [6.07, 6.45) is 5.69. The second kappa shape index (κ2) is 6.29. The molecule has 102 valence electrons. The molecular weight excluding hydrogens is 230 g/mol. The summed E-state index contributed by atoms with van der Waals surface area (Å²) in [7, 11) is 4.05. The van der Waals surface area contributed by atoms with Gasteiger partial charge in [0.05, 0.1) is 12.0 Å². The maximum Gasteiger partial charge on any atom is 0.232 e. The van der Waals surface area contributed by atoms with Gasteiger partial charge in [0, 0.05) is 13.0 Å². The molecule has 1 aromatic rings. The molecule has 2 rings (SSSR count). The number of rotatable bonds is 4. The van der Waals surface area contributed by atoms with E-state index in [4.69, 9.17) is 4.52 Å². The summed E-state index contributed by atoms with van der Waals surface area (Å²) in [6.45, 7) is 0.909. The van der Waals surface area contributed by atoms with Crippen LogP contribution in [0, 0.1) is 0 Å². The van der Waals surface area contributed by atoms with Crippen molar-refractivity contribution in [3.63, 3.8) is 0 Å². The quantitative estimate of drug-likeness (QED) is 0.825. The Hall–Kier alpha value is -0.940. The van der Waals surface area contributed by atoms with E-state index in [0.29, 0.717) is 5.89 Å². The van der Waals surface area contributed by atoms with Crippen molar-refractivity contribution < 1.29 is 9.63 Å². The van der Waals surface area contributed by atoms with E-state index in [0.717, 1.165) is 44.5 Å². The highest BCUT2D eigenvalue weighted by atomic mass is 16.5. The van der Waals surface area contributed by atoms with E-state index < -0.39 is 0 Å². The second-order valence-corrected chi connectivity index (χ2v) is 5.41. The lowest BCUT2D eigenvalue weighted by molar-refractivity contribution is 0.119. The average molecular weight is 253 g/mol. The summed E-state index contributed by atoms with van der Waals surface area (Å²) >= 11 is 0. The van der Waals surface area contributed by atoms with Gasteiger partial charge >= 0.3 is 0 Å². The van der Waals surface area contributed by atoms with Crippen LogP contribution in [0.5, 0.6) is 0 Å². The van der Waals surface area contributed by atoms with E-state index in [1.54, 1.807) is 0 Å². The van der Waals surface area contributed by atoms with Gasteiger partial charge < -0.3 is 14.5 Å². The zero-order chi connectivity index (χ0) is 13.0. The molecular formula is C13H23N3O2. The van der Waals surface area contributed by atoms with Gasteiger partial charge in [0.15, 0.2) is 5.82 Å². The van der Waals surface area contributed by atoms with Crippen LogP contribution in [0.25, 0.3) is 0 Å². The monoisotopic (exact) mass is 253 g/mol. The summed E-state index contributed by atoms with van der Waals surface area (Å²) in [5.74, 6) is 1.40. The van der Waals surface area contributed by atoms with Crippen LogP contribution in [-0.4, -0.2) is 46.9 Å². The third-order valence-corrected chi connectivity index (χ3v) is 3.56. The Balaban J connectivity index is 1.99. The standard InChI is InChI=1S/C13H23N3O2/c1-16(2)9-8-12-14-13(18-15-12)10-6-4-3-5-7-11(10)17/h10-11,17H,3-9H2,1-2H3. The van der Waals surface area contributed by atoms with Crippen LogP contribution in [-0.2, 0) is 6.42 Å². The second-order valence-electron chi connectivity index (χ2n) is 5.41. The van der Waals surface area contributed by atoms with Crippen LogP contribution in [0.3, 0.4) is 0 Å². The first-order valence-corrected chi connectivity index (χ1v) is 6.82. The summed E-state index contributed by atoms with van der Waals surface area (Å²) in [5, 5.41) is 14.1. The van der Waals surface area contributed by atoms with Gasteiger partial charge in [-0.25, -0.2) is 0 Å². The fraction of sp³-hybridized carbons (Fsp3) is 0.846. The number of aliphatic hydroxyl groups is 1. The molecule has 1 heterocycles. The zero-order valence-electron chi connectivity index (χ0n) is 11.3. The predicted molar refractivity (Wildman–Crippen MR) is 68.4 cm³/mol. The minimum atomic E-state index is -0.324. The third-order valence-electron chi connectivity index (χ3n) is 3.56. The molecule has 1 aliphatic rings. The molecule has 0 spiro atoms. The molecule has 5 nitrogen and oxygen atoms in total. The summed E-state index contributed by atoms with van der Waals surface area (Å²) in [4.78, 5) is 6.53. The van der Waals surface area contributed by atoms with Gasteiger partial charge in [-0.05, 0) is 26.9 Å². The van der Waals surface area contributed by atoms with E-state index >= 15 is 0 Å². The van der Waals surface area contributed by atoms with Crippen LogP contribution in [0.15, 0.2) is 4.52 Å². The Labute approximate surface area is 108 Å². The fourth-order valence-corrected chi connectivity index (χ4v) is 2.42. The van der Waals surface area contributed by atoms with E-state index in [9.17, 15) is 5.11 Å². The van der Waals surface area contributed by atoms with Crippen molar-refractivity contribution in [3.05, 3.63) is 11.7 Å². The Morgan fingerprint density at radius 1 is 1.28 bits per heavy atom. The van der Waals surface area contributed by atoms with E-state index in [1.807, 2.05) is 14.1 Å². The van der Waals surface area contributed by atoms with E-state index in [2.05, 4.69) is 15.0 Å². The molecule has 0 aliphatic heterocycles. The average Bonchev–Trinajstić information content (AvgIpc) is 2.69. The number of nitrogens with zero attached hydrogens (tertiary/aromatic N) is 3. The molecule has 1 fully saturated rings. The van der Waals surface area contributed by atoms with Crippen LogP contribution < -0.4 is 0 Å². The molecule has 1 N–H and O–H groups in total. The lowest BCUT2D eigenvalue weighted by Gasteiger charge is -2.15. The molecule has 2 unspecified atom stereocenters. The molecule has 0 aromatic carbocycles. The normalized spacial score (nSPS) is 25.3. The van der Waals surface area contributed by atoms with Gasteiger partial charge in [0.1, 0.15) is 0 Å². The summed E-state index contributed by atoms with van der Waals surface area (Å²) in [6, 6.07) is 0. The van der Waals surface area contributed by atoms with Gasteiger partial charge in [-0.3, -0.25) is 0 Å². The van der Waals surface area contributed by atoms with Crippen molar-refractivity contribution in [1.29, 1.82) is 0 Å². The molecule has 5 heteroatoms. The lowest BCUT2D eigenvalue weighted by Crippen LogP contribution is -2.18. The van der Waals surface area contributed by atoms with Crippen molar-refractivity contribution >= 4 is 0 Å². The van der Waals surface area contributed by atoms with Crippen molar-refractivity contribution in [3.8, 4) is 0 Å². The van der Waals surface area contributed by atoms with Crippen LogP contribution in [0.1, 0.15) is 49.7 Å². The van der Waals surface area contributed by atoms with Gasteiger partial charge in [0.2, 0.25) is 5.89 Å². The Bertz CT molecular complexity index is 365. The summed E-state index contributed by atoms with van der Waals surface area (Å²) < 4.78 is 5.32. The summed E-state index contributed by atoms with van der Waals surface area (Å²) in [5.41, 5.74) is 0. The zero-order valence-corrected chi connectivity index (χ0v) is 11.3. The van der Waals surface area contributed by atoms with Gasteiger partial charge in [-0.1, -0.05) is 24.4 Å². The maximum absolute atomic E-state index is 10.1. The molecule has 0 bridgehead atoms. The van der Waals surface area contributed by atoms with Gasteiger partial charge in [0.25, 0.3) is 0 Å². The largest absolute Gasteiger partial charge is 0.392 e. The first kappa shape index (κ1) is 13.5. The van der Waals surface area contributed by atoms with Crippen LogP contribution in [0.2, 0.25) is 0 Å². The fourth-order valence-electron chi connectivity index (χ4n) is 2.42. The molecule has 18 heavy (non-hydrogen) atoms. The first-order chi connectivity index (χ1) is 8.66. The first-order valence-electron chi connectivity index (χ1n) is 6.82. The highest BCUT2D eigenvalue weighted by molar-refractivity contribution is 4.98. The van der Waals surface area contributed by atoms with Gasteiger partial charge in [-0.2, -0.15) is 4.98 Å². The Morgan fingerprint density at radius 2 is 2.06 bits per heavy atom. The van der Waals surface area contributed by atoms with Crippen molar-refractivity contribution in [2.45, 2.75) is 50.5 Å². The molecule has 0 radical (unpaired) electrons. The molecule has 1 aliphatic carbocycles. The molecule has 0 saturated heterocycles. The molecule has 0 amide bonds. The predicted octanol–water partition coefficient (Wildman–Crippen LogP) is 1.58. The maximum atomic E-state index is 10.1. The minimum absolute atomic E-state index is 0.0353. The number of hydrogen-bond acceptors (Lipinski definition) is 5. The SMILES string of the molecule is CN(C)CCc1noc(C2CCCCCC2O)n1. The van der Waals surface area contributed by atoms with Crippen molar-refractivity contribution in [2.24, 2.45) is 0 Å². The minimum Gasteiger partial charge on any atom is -0.392 e. The number of hydrogen-bond donors (Lipinski definition) is 1. The Morgan fingerprint density at radius 3 is 2.83 bits per heavy atom. The van der Waals surface area contributed by atoms with Crippen LogP contribution in [0.4, 0.5) is 0 Å². The van der Waals surface area contributed by atoms with E-state index in [-0.39, 0.29) is 12.0 Å². The highest BCUT2D eigenvalue weighted by Crippen LogP contribution is 2.30. The molecule has 1 aromatic heterocycles. The molecule has 2 atom stereocenters. The van der Waals surface area contributed by atoms with E-state index in [1.165, 1.54) is 6.42 Å². The number of likely N-dealkylation sites (N-methyl/N-ethyl adjacent to an activating group) is 1. The Kier molecular flexibility index (Phi) is 4.72. The number of aliphatic hydroxyl groups excluding tert-OH is 1. The number of aromatic nitrogens is 2. The van der Waals surface area contributed by atoms with Crippen LogP contribution >= 0.6 is 0 Å². The third kappa shape index (κ3) is 3.53. The smallest absolute Gasteiger partial charge is 0.232 e. The topological polar surface area (TPSA) is 62.4 Å². The van der Waals surface area contributed by atoms with Gasteiger partial charge in [-0.15, -0.1) is 0 Å². The van der Waals surface area contributed by atoms with Crippen molar-refractivity contribution in [1.82, 2.24) is 15.0 Å². The molecule has 1 saturated carbocycles. The van der Waals surface area contributed by atoms with Crippen molar-refractivity contribution in [2.75, 3.05) is 20.6 Å².